The van der Waals surface area contributed by atoms with Crippen LogP contribution in [0.2, 0.25) is 0 Å². The van der Waals surface area contributed by atoms with Gasteiger partial charge in [-0.25, -0.2) is 0 Å². The lowest BCUT2D eigenvalue weighted by Crippen LogP contribution is -2.14. The molecule has 5 unspecified atom stereocenters. The van der Waals surface area contributed by atoms with Crippen molar-refractivity contribution in [2.75, 3.05) is 0 Å². The second-order valence-corrected chi connectivity index (χ2v) is 13.7. The fraction of sp³-hybridized carbons (Fsp3) is 0.143. The summed E-state index contributed by atoms with van der Waals surface area (Å²) in [5.41, 5.74) is 5.50. The Bertz CT molecular complexity index is 2380. The van der Waals surface area contributed by atoms with Gasteiger partial charge in [0.05, 0.1) is 11.8 Å². The lowest BCUT2D eigenvalue weighted by Gasteiger charge is -2.27. The molecule has 0 saturated heterocycles. The van der Waals surface area contributed by atoms with Crippen LogP contribution in [0.5, 0.6) is 57.5 Å². The summed E-state index contributed by atoms with van der Waals surface area (Å²) in [6.45, 7) is 0. The second kappa shape index (κ2) is 11.4. The Morgan fingerprint density at radius 2 is 1.02 bits per heavy atom. The maximum atomic E-state index is 12.2. The lowest BCUT2D eigenvalue weighted by atomic mass is 9.77. The standard InChI is InChI=1S/C42H32O10/c43-23-5-1-19(2-6-23)40-36(21-11-26(46)15-27(47)12-21)39-33(50)18-31-37(42(39)52-40)30(29-10-9-25(45)16-32(29)49)14-22-13-28(48)17-34-35(22)38(31)41(51-34)20-3-7-24(44)8-4-20/h1-13,15-18,30,36,38,40-41,43-50H,14H2. The summed E-state index contributed by atoms with van der Waals surface area (Å²) in [5, 5.41) is 86.2. The maximum Gasteiger partial charge on any atom is 0.135 e. The van der Waals surface area contributed by atoms with Crippen molar-refractivity contribution in [3.05, 3.63) is 153 Å². The van der Waals surface area contributed by atoms with Gasteiger partial charge in [0.1, 0.15) is 69.7 Å². The minimum atomic E-state index is -0.804. The number of hydrogen-bond acceptors (Lipinski definition) is 10. The van der Waals surface area contributed by atoms with E-state index in [1.807, 2.05) is 0 Å². The molecule has 10 nitrogen and oxygen atoms in total. The molecule has 9 rings (SSSR count). The molecule has 0 fully saturated rings. The Labute approximate surface area is 296 Å². The monoisotopic (exact) mass is 696 g/mol. The van der Waals surface area contributed by atoms with Gasteiger partial charge in [0.2, 0.25) is 0 Å². The van der Waals surface area contributed by atoms with E-state index in [1.54, 1.807) is 60.7 Å². The number of hydrogen-bond donors (Lipinski definition) is 8. The van der Waals surface area contributed by atoms with E-state index in [-0.39, 0.29) is 52.4 Å². The van der Waals surface area contributed by atoms with Crippen LogP contribution in [0.1, 0.15) is 80.0 Å². The van der Waals surface area contributed by atoms with Gasteiger partial charge in [-0.05, 0) is 88.8 Å². The number of phenols is 8. The first-order valence-corrected chi connectivity index (χ1v) is 16.8. The first kappa shape index (κ1) is 31.3. The highest BCUT2D eigenvalue weighted by molar-refractivity contribution is 5.70. The third-order valence-corrected chi connectivity index (χ3v) is 10.5. The van der Waals surface area contributed by atoms with Crippen LogP contribution in [0.4, 0.5) is 0 Å². The van der Waals surface area contributed by atoms with Gasteiger partial charge in [0, 0.05) is 46.4 Å². The molecule has 260 valence electrons. The second-order valence-electron chi connectivity index (χ2n) is 13.7. The lowest BCUT2D eigenvalue weighted by molar-refractivity contribution is 0.216. The van der Waals surface area contributed by atoms with Gasteiger partial charge >= 0.3 is 0 Å². The minimum Gasteiger partial charge on any atom is -0.508 e. The molecule has 0 radical (unpaired) electrons. The van der Waals surface area contributed by atoms with Gasteiger partial charge in [-0.15, -0.1) is 0 Å². The van der Waals surface area contributed by atoms with E-state index in [1.165, 1.54) is 42.5 Å². The largest absolute Gasteiger partial charge is 0.508 e. The van der Waals surface area contributed by atoms with Crippen molar-refractivity contribution >= 4 is 0 Å². The summed E-state index contributed by atoms with van der Waals surface area (Å²) in [6, 6.07) is 26.6. The third-order valence-electron chi connectivity index (χ3n) is 10.5. The average Bonchev–Trinajstić information content (AvgIpc) is 3.64. The van der Waals surface area contributed by atoms with E-state index in [4.69, 9.17) is 9.47 Å². The van der Waals surface area contributed by atoms with Gasteiger partial charge in [-0.1, -0.05) is 30.3 Å². The van der Waals surface area contributed by atoms with Crippen LogP contribution >= 0.6 is 0 Å². The molecule has 3 aliphatic rings. The van der Waals surface area contributed by atoms with Crippen LogP contribution in [0.25, 0.3) is 0 Å². The molecule has 6 aromatic carbocycles. The zero-order valence-corrected chi connectivity index (χ0v) is 27.3. The summed E-state index contributed by atoms with van der Waals surface area (Å²) >= 11 is 0. The van der Waals surface area contributed by atoms with E-state index in [9.17, 15) is 40.9 Å². The molecule has 0 bridgehead atoms. The third kappa shape index (κ3) is 4.86. The molecule has 5 atom stereocenters. The molecule has 1 aliphatic carbocycles. The van der Waals surface area contributed by atoms with E-state index >= 15 is 0 Å². The zero-order chi connectivity index (χ0) is 36.0. The normalized spacial score (nSPS) is 21.0. The topological polar surface area (TPSA) is 180 Å². The fourth-order valence-corrected chi connectivity index (χ4v) is 8.45. The Kier molecular flexibility index (Phi) is 6.88. The number of benzene rings is 6. The Morgan fingerprint density at radius 1 is 0.423 bits per heavy atom. The molecule has 6 aromatic rings. The van der Waals surface area contributed by atoms with Crippen molar-refractivity contribution in [1.82, 2.24) is 0 Å². The van der Waals surface area contributed by atoms with E-state index < -0.39 is 30.0 Å². The molecule has 2 heterocycles. The van der Waals surface area contributed by atoms with Crippen LogP contribution in [0.15, 0.2) is 103 Å². The highest BCUT2D eigenvalue weighted by Crippen LogP contribution is 2.63. The number of aromatic hydroxyl groups is 8. The van der Waals surface area contributed by atoms with Gasteiger partial charge in [0.25, 0.3) is 0 Å². The van der Waals surface area contributed by atoms with Gasteiger partial charge < -0.3 is 50.3 Å². The van der Waals surface area contributed by atoms with Gasteiger partial charge in [-0.3, -0.25) is 0 Å². The van der Waals surface area contributed by atoms with Crippen LogP contribution in [-0.2, 0) is 6.42 Å². The fourth-order valence-electron chi connectivity index (χ4n) is 8.45. The Morgan fingerprint density at radius 3 is 1.65 bits per heavy atom. The van der Waals surface area contributed by atoms with Crippen LogP contribution in [0, 0.1) is 0 Å². The number of rotatable bonds is 4. The predicted octanol–water partition coefficient (Wildman–Crippen LogP) is 7.55. The van der Waals surface area contributed by atoms with Crippen molar-refractivity contribution in [3.63, 3.8) is 0 Å². The summed E-state index contributed by atoms with van der Waals surface area (Å²) in [6.07, 6.45) is -1.21. The molecule has 0 spiro atoms. The van der Waals surface area contributed by atoms with Crippen molar-refractivity contribution in [2.24, 2.45) is 0 Å². The SMILES string of the molecule is Oc1ccc(C2Oc3c4c(cc(O)c3C2c2cc(O)cc(O)c2)C2c3c(cc(O)cc3OC2c2ccc(O)cc2)CC4c2ccc(O)cc2O)cc1. The van der Waals surface area contributed by atoms with Crippen molar-refractivity contribution in [3.8, 4) is 57.5 Å². The first-order chi connectivity index (χ1) is 25.0. The van der Waals surface area contributed by atoms with Crippen LogP contribution in [-0.4, -0.2) is 40.9 Å². The van der Waals surface area contributed by atoms with E-state index in [0.29, 0.717) is 44.9 Å². The summed E-state index contributed by atoms with van der Waals surface area (Å²) in [5.74, 6) is -1.83. The Hall–Kier alpha value is -6.68. The molecule has 0 saturated carbocycles. The number of phenolic OH excluding ortho intramolecular Hbond substituents is 8. The predicted molar refractivity (Wildman–Crippen MR) is 188 cm³/mol. The summed E-state index contributed by atoms with van der Waals surface area (Å²) in [7, 11) is 0. The maximum absolute atomic E-state index is 12.2. The average molecular weight is 697 g/mol. The molecular formula is C42H32O10. The smallest absolute Gasteiger partial charge is 0.135 e. The molecular weight excluding hydrogens is 664 g/mol. The van der Waals surface area contributed by atoms with Crippen LogP contribution < -0.4 is 9.47 Å². The highest BCUT2D eigenvalue weighted by Gasteiger charge is 2.49. The van der Waals surface area contributed by atoms with Crippen molar-refractivity contribution in [2.45, 2.75) is 36.4 Å². The molecule has 10 heteroatoms. The summed E-state index contributed by atoms with van der Waals surface area (Å²) in [4.78, 5) is 0. The highest BCUT2D eigenvalue weighted by atomic mass is 16.5. The zero-order valence-electron chi connectivity index (χ0n) is 27.3. The molecule has 2 aliphatic heterocycles. The quantitative estimate of drug-likeness (QED) is 0.0917. The summed E-state index contributed by atoms with van der Waals surface area (Å²) < 4.78 is 13.5. The molecule has 52 heavy (non-hydrogen) atoms. The molecule has 0 amide bonds. The van der Waals surface area contributed by atoms with E-state index in [0.717, 1.165) is 16.7 Å². The molecule has 8 N–H and O–H groups in total. The van der Waals surface area contributed by atoms with Crippen molar-refractivity contribution < 1.29 is 50.3 Å². The Balaban J connectivity index is 1.36. The van der Waals surface area contributed by atoms with E-state index in [2.05, 4.69) is 0 Å². The van der Waals surface area contributed by atoms with Crippen LogP contribution in [0.3, 0.4) is 0 Å². The molecule has 0 aromatic heterocycles. The van der Waals surface area contributed by atoms with Crippen molar-refractivity contribution in [1.29, 1.82) is 0 Å². The first-order valence-electron chi connectivity index (χ1n) is 16.8. The van der Waals surface area contributed by atoms with Gasteiger partial charge in [-0.2, -0.15) is 0 Å². The minimum absolute atomic E-state index is 0.0148. The number of fused-ring (bicyclic) bond motifs is 4. The number of ether oxygens (including phenoxy) is 2. The van der Waals surface area contributed by atoms with Gasteiger partial charge in [0.15, 0.2) is 0 Å².